The first kappa shape index (κ1) is 13.7. The van der Waals surface area contributed by atoms with Gasteiger partial charge in [0.15, 0.2) is 11.5 Å². The molecule has 0 amide bonds. The predicted molar refractivity (Wildman–Crippen MR) is 77.2 cm³/mol. The van der Waals surface area contributed by atoms with Crippen molar-refractivity contribution in [2.75, 3.05) is 13.7 Å². The van der Waals surface area contributed by atoms with Gasteiger partial charge in [0.25, 0.3) is 0 Å². The molecule has 0 aromatic heterocycles. The van der Waals surface area contributed by atoms with Gasteiger partial charge in [0.1, 0.15) is 0 Å². The Morgan fingerprint density at radius 3 is 2.50 bits per heavy atom. The minimum absolute atomic E-state index is 0.491. The van der Waals surface area contributed by atoms with Crippen LogP contribution >= 0.6 is 0 Å². The number of fused-ring (bicyclic) bond motifs is 2. The molecule has 4 nitrogen and oxygen atoms in total. The molecule has 2 N–H and O–H groups in total. The van der Waals surface area contributed by atoms with Crippen LogP contribution in [0.5, 0.6) is 11.5 Å². The largest absolute Gasteiger partial charge is 0.493 e. The Morgan fingerprint density at radius 2 is 1.85 bits per heavy atom. The van der Waals surface area contributed by atoms with Crippen LogP contribution in [-0.4, -0.2) is 36.5 Å². The fourth-order valence-corrected chi connectivity index (χ4v) is 3.52. The highest BCUT2D eigenvalue weighted by Crippen LogP contribution is 2.36. The minimum Gasteiger partial charge on any atom is -0.493 e. The van der Waals surface area contributed by atoms with Crippen molar-refractivity contribution in [1.82, 2.24) is 5.32 Å². The Bertz CT molecular complexity index is 451. The molecule has 2 fully saturated rings. The molecule has 2 bridgehead atoms. The van der Waals surface area contributed by atoms with E-state index in [1.807, 2.05) is 24.3 Å². The molecule has 2 heterocycles. The van der Waals surface area contributed by atoms with Gasteiger partial charge in [-0.25, -0.2) is 0 Å². The van der Waals surface area contributed by atoms with Gasteiger partial charge in [-0.05, 0) is 37.8 Å². The lowest BCUT2D eigenvalue weighted by molar-refractivity contribution is -0.0231. The smallest absolute Gasteiger partial charge is 0.161 e. The molecule has 0 aliphatic carbocycles. The summed E-state index contributed by atoms with van der Waals surface area (Å²) in [4.78, 5) is 0. The molecule has 2 aliphatic heterocycles. The van der Waals surface area contributed by atoms with E-state index in [-0.39, 0.29) is 0 Å². The van der Waals surface area contributed by atoms with Crippen LogP contribution in [0, 0.1) is 0 Å². The lowest BCUT2D eigenvalue weighted by atomic mass is 9.85. The Morgan fingerprint density at radius 1 is 1.20 bits per heavy atom. The Labute approximate surface area is 120 Å². The van der Waals surface area contributed by atoms with Gasteiger partial charge in [0.2, 0.25) is 0 Å². The maximum Gasteiger partial charge on any atom is 0.161 e. The zero-order valence-corrected chi connectivity index (χ0v) is 12.0. The van der Waals surface area contributed by atoms with Crippen LogP contribution in [0.25, 0.3) is 0 Å². The summed E-state index contributed by atoms with van der Waals surface area (Å²) < 4.78 is 11.0. The Hall–Kier alpha value is -1.26. The van der Waals surface area contributed by atoms with E-state index in [2.05, 4.69) is 5.32 Å². The minimum atomic E-state index is -0.570. The van der Waals surface area contributed by atoms with Crippen molar-refractivity contribution in [2.45, 2.75) is 49.8 Å². The van der Waals surface area contributed by atoms with Crippen LogP contribution in [-0.2, 0) is 0 Å². The molecule has 0 saturated carbocycles. The van der Waals surface area contributed by atoms with Gasteiger partial charge in [0, 0.05) is 18.5 Å². The van der Waals surface area contributed by atoms with Crippen LogP contribution in [0.3, 0.4) is 0 Å². The third kappa shape index (κ3) is 2.91. The van der Waals surface area contributed by atoms with E-state index in [0.717, 1.165) is 24.3 Å². The van der Waals surface area contributed by atoms with Crippen molar-refractivity contribution in [3.63, 3.8) is 0 Å². The van der Waals surface area contributed by atoms with Crippen molar-refractivity contribution >= 4 is 0 Å². The normalized spacial score (nSPS) is 32.1. The van der Waals surface area contributed by atoms with Gasteiger partial charge in [-0.2, -0.15) is 0 Å². The van der Waals surface area contributed by atoms with Crippen molar-refractivity contribution < 1.29 is 14.6 Å². The highest BCUT2D eigenvalue weighted by atomic mass is 16.5. The maximum absolute atomic E-state index is 10.7. The van der Waals surface area contributed by atoms with Crippen molar-refractivity contribution in [3.05, 3.63) is 24.3 Å². The van der Waals surface area contributed by atoms with Crippen LogP contribution in [0.2, 0.25) is 0 Å². The number of hydrogen-bond acceptors (Lipinski definition) is 4. The standard InChI is InChI=1S/C16H23NO3/c1-19-14-4-2-3-5-15(14)20-9-8-16(18)10-12-6-7-13(11-16)17-12/h2-5,12-13,17-18H,6-11H2,1H3. The van der Waals surface area contributed by atoms with E-state index in [4.69, 9.17) is 9.47 Å². The number of methoxy groups -OCH3 is 1. The van der Waals surface area contributed by atoms with Crippen LogP contribution in [0.1, 0.15) is 32.1 Å². The van der Waals surface area contributed by atoms with Crippen molar-refractivity contribution in [2.24, 2.45) is 0 Å². The van der Waals surface area contributed by atoms with Gasteiger partial charge >= 0.3 is 0 Å². The fraction of sp³-hybridized carbons (Fsp3) is 0.625. The molecule has 4 heteroatoms. The number of para-hydroxylation sites is 2. The molecule has 0 spiro atoms. The topological polar surface area (TPSA) is 50.7 Å². The first-order chi connectivity index (χ1) is 9.68. The second-order valence-electron chi connectivity index (χ2n) is 6.02. The van der Waals surface area contributed by atoms with E-state index in [0.29, 0.717) is 25.1 Å². The molecule has 1 aromatic carbocycles. The van der Waals surface area contributed by atoms with Gasteiger partial charge in [0.05, 0.1) is 19.3 Å². The monoisotopic (exact) mass is 277 g/mol. The SMILES string of the molecule is COc1ccccc1OCCC1(O)CC2CCC(C1)N2. The van der Waals surface area contributed by atoms with Crippen LogP contribution in [0.4, 0.5) is 0 Å². The molecule has 2 atom stereocenters. The van der Waals surface area contributed by atoms with E-state index < -0.39 is 5.60 Å². The van der Waals surface area contributed by atoms with Gasteiger partial charge < -0.3 is 19.9 Å². The number of ether oxygens (including phenoxy) is 2. The summed E-state index contributed by atoms with van der Waals surface area (Å²) in [6.07, 6.45) is 4.76. The zero-order valence-electron chi connectivity index (χ0n) is 12.0. The molecular weight excluding hydrogens is 254 g/mol. The van der Waals surface area contributed by atoms with Crippen molar-refractivity contribution in [1.29, 1.82) is 0 Å². The number of rotatable bonds is 5. The van der Waals surface area contributed by atoms with Gasteiger partial charge in [-0.1, -0.05) is 12.1 Å². The van der Waals surface area contributed by atoms with Crippen molar-refractivity contribution in [3.8, 4) is 11.5 Å². The second-order valence-corrected chi connectivity index (χ2v) is 6.02. The summed E-state index contributed by atoms with van der Waals surface area (Å²) in [6.45, 7) is 0.524. The zero-order chi connectivity index (χ0) is 14.0. The average Bonchev–Trinajstić information content (AvgIpc) is 2.79. The van der Waals surface area contributed by atoms with E-state index in [1.54, 1.807) is 7.11 Å². The lowest BCUT2D eigenvalue weighted by Crippen LogP contribution is -2.49. The van der Waals surface area contributed by atoms with E-state index >= 15 is 0 Å². The summed E-state index contributed by atoms with van der Waals surface area (Å²) in [5, 5.41) is 14.3. The molecule has 20 heavy (non-hydrogen) atoms. The summed E-state index contributed by atoms with van der Waals surface area (Å²) in [7, 11) is 1.64. The molecule has 2 aliphatic rings. The third-order valence-electron chi connectivity index (χ3n) is 4.48. The van der Waals surface area contributed by atoms with E-state index in [9.17, 15) is 5.11 Å². The molecule has 3 rings (SSSR count). The molecule has 110 valence electrons. The van der Waals surface area contributed by atoms with E-state index in [1.165, 1.54) is 12.8 Å². The highest BCUT2D eigenvalue weighted by molar-refractivity contribution is 5.39. The summed E-state index contributed by atoms with van der Waals surface area (Å²) >= 11 is 0. The van der Waals surface area contributed by atoms with Gasteiger partial charge in [-0.3, -0.25) is 0 Å². The van der Waals surface area contributed by atoms with Crippen LogP contribution in [0.15, 0.2) is 24.3 Å². The average molecular weight is 277 g/mol. The summed E-state index contributed by atoms with van der Waals surface area (Å²) in [5.41, 5.74) is -0.570. The molecule has 2 saturated heterocycles. The molecule has 0 radical (unpaired) electrons. The lowest BCUT2D eigenvalue weighted by Gasteiger charge is -2.37. The Balaban J connectivity index is 1.54. The molecule has 2 unspecified atom stereocenters. The number of aliphatic hydroxyl groups is 1. The summed E-state index contributed by atoms with van der Waals surface area (Å²) in [5.74, 6) is 1.49. The first-order valence-electron chi connectivity index (χ1n) is 7.43. The highest BCUT2D eigenvalue weighted by Gasteiger charge is 2.42. The van der Waals surface area contributed by atoms with Gasteiger partial charge in [-0.15, -0.1) is 0 Å². The maximum atomic E-state index is 10.7. The number of benzene rings is 1. The number of nitrogens with one attached hydrogen (secondary N) is 1. The number of piperidine rings is 1. The molecular formula is C16H23NO3. The van der Waals surface area contributed by atoms with Crippen LogP contribution < -0.4 is 14.8 Å². The second kappa shape index (κ2) is 5.62. The summed E-state index contributed by atoms with van der Waals surface area (Å²) in [6, 6.07) is 8.61. The molecule has 1 aromatic rings. The number of hydrogen-bond donors (Lipinski definition) is 2. The fourth-order valence-electron chi connectivity index (χ4n) is 3.52. The predicted octanol–water partition coefficient (Wildman–Crippen LogP) is 2.11. The third-order valence-corrected chi connectivity index (χ3v) is 4.48. The quantitative estimate of drug-likeness (QED) is 0.865. The Kier molecular flexibility index (Phi) is 3.85. The first-order valence-corrected chi connectivity index (χ1v) is 7.43.